The second kappa shape index (κ2) is 5.20. The van der Waals surface area contributed by atoms with Crippen molar-refractivity contribution in [1.82, 2.24) is 0 Å². The van der Waals surface area contributed by atoms with Crippen LogP contribution in [0.5, 0.6) is 5.75 Å². The Morgan fingerprint density at radius 1 is 1.20 bits per heavy atom. The molecule has 0 saturated carbocycles. The van der Waals surface area contributed by atoms with Crippen molar-refractivity contribution >= 4 is 11.9 Å². The Labute approximate surface area is 89.3 Å². The van der Waals surface area contributed by atoms with Crippen LogP contribution in [-0.4, -0.2) is 20.0 Å². The summed E-state index contributed by atoms with van der Waals surface area (Å²) in [5, 5.41) is 0. The zero-order valence-electron chi connectivity index (χ0n) is 9.11. The standard InChI is InChI=1S/C12H14O3/c1-9(13)12(15-3)8-10-4-6-11(14-2)7-5-10/h4-8H,1-3H3/b12-8-. The molecule has 0 bridgehead atoms. The number of carbonyl (C=O) groups is 1. The van der Waals surface area contributed by atoms with Gasteiger partial charge < -0.3 is 9.47 Å². The van der Waals surface area contributed by atoms with E-state index in [1.807, 2.05) is 24.3 Å². The molecule has 0 heterocycles. The van der Waals surface area contributed by atoms with Gasteiger partial charge in [-0.1, -0.05) is 12.1 Å². The first kappa shape index (κ1) is 11.3. The van der Waals surface area contributed by atoms with Crippen molar-refractivity contribution in [3.8, 4) is 5.75 Å². The van der Waals surface area contributed by atoms with Crippen molar-refractivity contribution < 1.29 is 14.3 Å². The molecule has 0 atom stereocenters. The monoisotopic (exact) mass is 206 g/mol. The van der Waals surface area contributed by atoms with E-state index < -0.39 is 0 Å². The van der Waals surface area contributed by atoms with E-state index in [0.29, 0.717) is 5.76 Å². The van der Waals surface area contributed by atoms with Gasteiger partial charge in [-0.3, -0.25) is 4.79 Å². The molecule has 0 saturated heterocycles. The molecule has 1 aromatic carbocycles. The molecule has 80 valence electrons. The highest BCUT2D eigenvalue weighted by Gasteiger charge is 2.02. The molecule has 1 aromatic rings. The highest BCUT2D eigenvalue weighted by molar-refractivity contribution is 5.95. The van der Waals surface area contributed by atoms with Gasteiger partial charge in [-0.05, 0) is 23.8 Å². The molecule has 0 spiro atoms. The molecule has 0 radical (unpaired) electrons. The molecule has 0 aliphatic rings. The van der Waals surface area contributed by atoms with Gasteiger partial charge >= 0.3 is 0 Å². The summed E-state index contributed by atoms with van der Waals surface area (Å²) in [4.78, 5) is 11.1. The highest BCUT2D eigenvalue weighted by Crippen LogP contribution is 2.14. The zero-order valence-corrected chi connectivity index (χ0v) is 9.11. The maximum absolute atomic E-state index is 11.1. The third-order valence-electron chi connectivity index (χ3n) is 1.98. The third kappa shape index (κ3) is 3.13. The first-order valence-electron chi connectivity index (χ1n) is 4.58. The number of benzene rings is 1. The van der Waals surface area contributed by atoms with Gasteiger partial charge in [0.1, 0.15) is 5.75 Å². The van der Waals surface area contributed by atoms with Crippen LogP contribution in [0.1, 0.15) is 12.5 Å². The van der Waals surface area contributed by atoms with Gasteiger partial charge in [0.15, 0.2) is 11.5 Å². The zero-order chi connectivity index (χ0) is 11.3. The quantitative estimate of drug-likeness (QED) is 0.560. The van der Waals surface area contributed by atoms with Crippen LogP contribution >= 0.6 is 0 Å². The van der Waals surface area contributed by atoms with Crippen molar-refractivity contribution in [2.75, 3.05) is 14.2 Å². The summed E-state index contributed by atoms with van der Waals surface area (Å²) in [7, 11) is 3.09. The molecule has 0 unspecified atom stereocenters. The Kier molecular flexibility index (Phi) is 3.92. The smallest absolute Gasteiger partial charge is 0.194 e. The molecule has 0 fully saturated rings. The van der Waals surface area contributed by atoms with Crippen molar-refractivity contribution in [3.05, 3.63) is 35.6 Å². The molecule has 1 rings (SSSR count). The molecule has 0 amide bonds. The van der Waals surface area contributed by atoms with Gasteiger partial charge in [0.05, 0.1) is 14.2 Å². The molecule has 0 aliphatic carbocycles. The van der Waals surface area contributed by atoms with Crippen LogP contribution in [0, 0.1) is 0 Å². The average Bonchev–Trinajstić information content (AvgIpc) is 2.26. The summed E-state index contributed by atoms with van der Waals surface area (Å²) >= 11 is 0. The van der Waals surface area contributed by atoms with Crippen LogP contribution in [0.15, 0.2) is 30.0 Å². The molecule has 0 aromatic heterocycles. The van der Waals surface area contributed by atoms with Crippen LogP contribution in [-0.2, 0) is 9.53 Å². The summed E-state index contributed by atoms with van der Waals surface area (Å²) in [6, 6.07) is 7.39. The number of ketones is 1. The summed E-state index contributed by atoms with van der Waals surface area (Å²) in [5.74, 6) is 1.04. The fraction of sp³-hybridized carbons (Fsp3) is 0.250. The minimum absolute atomic E-state index is 0.0895. The molecule has 0 aliphatic heterocycles. The minimum Gasteiger partial charge on any atom is -0.497 e. The van der Waals surface area contributed by atoms with E-state index in [9.17, 15) is 4.79 Å². The summed E-state index contributed by atoms with van der Waals surface area (Å²) in [6.45, 7) is 1.47. The van der Waals surface area contributed by atoms with E-state index in [0.717, 1.165) is 11.3 Å². The Hall–Kier alpha value is -1.77. The second-order valence-corrected chi connectivity index (χ2v) is 3.04. The normalized spacial score (nSPS) is 11.0. The number of allylic oxidation sites excluding steroid dienone is 1. The second-order valence-electron chi connectivity index (χ2n) is 3.04. The van der Waals surface area contributed by atoms with Crippen molar-refractivity contribution in [2.45, 2.75) is 6.92 Å². The lowest BCUT2D eigenvalue weighted by Crippen LogP contribution is -1.98. The predicted molar refractivity (Wildman–Crippen MR) is 58.7 cm³/mol. The summed E-state index contributed by atoms with van der Waals surface area (Å²) < 4.78 is 9.98. The minimum atomic E-state index is -0.0895. The Bertz CT molecular complexity index is 363. The first-order chi connectivity index (χ1) is 7.17. The number of ether oxygens (including phenoxy) is 2. The van der Waals surface area contributed by atoms with Crippen molar-refractivity contribution in [2.24, 2.45) is 0 Å². The van der Waals surface area contributed by atoms with Crippen LogP contribution in [0.25, 0.3) is 6.08 Å². The largest absolute Gasteiger partial charge is 0.497 e. The molecular weight excluding hydrogens is 192 g/mol. The number of hydrogen-bond acceptors (Lipinski definition) is 3. The van der Waals surface area contributed by atoms with Gasteiger partial charge in [-0.2, -0.15) is 0 Å². The lowest BCUT2D eigenvalue weighted by Gasteiger charge is -2.02. The van der Waals surface area contributed by atoms with Crippen LogP contribution in [0.3, 0.4) is 0 Å². The fourth-order valence-electron chi connectivity index (χ4n) is 1.16. The van der Waals surface area contributed by atoms with E-state index in [4.69, 9.17) is 9.47 Å². The number of methoxy groups -OCH3 is 2. The van der Waals surface area contributed by atoms with E-state index >= 15 is 0 Å². The van der Waals surface area contributed by atoms with E-state index in [1.165, 1.54) is 14.0 Å². The van der Waals surface area contributed by atoms with Gasteiger partial charge in [-0.25, -0.2) is 0 Å². The molecule has 3 nitrogen and oxygen atoms in total. The summed E-state index contributed by atoms with van der Waals surface area (Å²) in [6.07, 6.45) is 1.70. The third-order valence-corrected chi connectivity index (χ3v) is 1.98. The maximum Gasteiger partial charge on any atom is 0.194 e. The van der Waals surface area contributed by atoms with Gasteiger partial charge in [-0.15, -0.1) is 0 Å². The molecule has 3 heteroatoms. The van der Waals surface area contributed by atoms with E-state index in [2.05, 4.69) is 0 Å². The Balaban J connectivity index is 2.92. The van der Waals surface area contributed by atoms with Gasteiger partial charge in [0, 0.05) is 6.92 Å². The van der Waals surface area contributed by atoms with Crippen molar-refractivity contribution in [3.63, 3.8) is 0 Å². The van der Waals surface area contributed by atoms with Crippen LogP contribution in [0.4, 0.5) is 0 Å². The Morgan fingerprint density at radius 3 is 2.20 bits per heavy atom. The highest BCUT2D eigenvalue weighted by atomic mass is 16.5. The van der Waals surface area contributed by atoms with Gasteiger partial charge in [0.25, 0.3) is 0 Å². The lowest BCUT2D eigenvalue weighted by molar-refractivity contribution is -0.116. The molecule has 0 N–H and O–H groups in total. The number of rotatable bonds is 4. The van der Waals surface area contributed by atoms with Crippen LogP contribution in [0.2, 0.25) is 0 Å². The van der Waals surface area contributed by atoms with Crippen LogP contribution < -0.4 is 4.74 Å². The molecule has 15 heavy (non-hydrogen) atoms. The average molecular weight is 206 g/mol. The fourth-order valence-corrected chi connectivity index (χ4v) is 1.16. The van der Waals surface area contributed by atoms with Crippen molar-refractivity contribution in [1.29, 1.82) is 0 Å². The topological polar surface area (TPSA) is 35.5 Å². The predicted octanol–water partition coefficient (Wildman–Crippen LogP) is 2.27. The number of carbonyl (C=O) groups excluding carboxylic acids is 1. The lowest BCUT2D eigenvalue weighted by atomic mass is 10.2. The molecular formula is C12H14O3. The maximum atomic E-state index is 11.1. The number of Topliss-reactive ketones (excluding diaryl/α,β-unsaturated/α-hetero) is 1. The van der Waals surface area contributed by atoms with E-state index in [-0.39, 0.29) is 5.78 Å². The first-order valence-corrected chi connectivity index (χ1v) is 4.58. The van der Waals surface area contributed by atoms with E-state index in [1.54, 1.807) is 13.2 Å². The SMILES string of the molecule is CO/C(=C\c1ccc(OC)cc1)C(C)=O. The van der Waals surface area contributed by atoms with Gasteiger partial charge in [0.2, 0.25) is 0 Å². The Morgan fingerprint density at radius 2 is 1.80 bits per heavy atom. The summed E-state index contributed by atoms with van der Waals surface area (Å²) in [5.41, 5.74) is 0.905. The number of hydrogen-bond donors (Lipinski definition) is 0.